The molecule has 1 aliphatic carbocycles. The maximum Gasteiger partial charge on any atom is 0.270 e. The van der Waals surface area contributed by atoms with E-state index >= 15 is 0 Å². The Morgan fingerprint density at radius 2 is 2.00 bits per heavy atom. The Bertz CT molecular complexity index is 970. The van der Waals surface area contributed by atoms with Crippen LogP contribution in [0.4, 0.5) is 5.82 Å². The maximum atomic E-state index is 12.4. The smallest absolute Gasteiger partial charge is 0.270 e. The van der Waals surface area contributed by atoms with Crippen LogP contribution in [0.2, 0.25) is 0 Å². The van der Waals surface area contributed by atoms with Crippen LogP contribution in [0.3, 0.4) is 0 Å². The number of amides is 2. The normalized spacial score (nSPS) is 16.1. The van der Waals surface area contributed by atoms with Crippen LogP contribution >= 0.6 is 0 Å². The van der Waals surface area contributed by atoms with Crippen LogP contribution < -0.4 is 21.6 Å². The third-order valence-corrected chi connectivity index (χ3v) is 6.07. The molecule has 1 saturated carbocycles. The van der Waals surface area contributed by atoms with Gasteiger partial charge >= 0.3 is 0 Å². The molecule has 0 atom stereocenters. The van der Waals surface area contributed by atoms with E-state index in [1.807, 2.05) is 17.3 Å². The van der Waals surface area contributed by atoms with Crippen LogP contribution in [0.15, 0.2) is 42.6 Å². The van der Waals surface area contributed by atoms with E-state index in [1.165, 1.54) is 32.1 Å². The summed E-state index contributed by atoms with van der Waals surface area (Å²) < 4.78 is 1.72. The number of carbonyl (C=O) groups excluding carboxylic acids is 2. The monoisotopic (exact) mass is 467 g/mol. The number of nitrogens with zero attached hydrogens (tertiary/aromatic N) is 5. The van der Waals surface area contributed by atoms with Crippen LogP contribution in [-0.2, 0) is 22.6 Å². The minimum absolute atomic E-state index is 0.0682. The first-order chi connectivity index (χ1) is 16.7. The number of aromatic nitrogens is 4. The Kier molecular flexibility index (Phi) is 8.44. The molecule has 182 valence electrons. The minimum Gasteiger partial charge on any atom is -0.350 e. The average molecular weight is 468 g/mol. The minimum atomic E-state index is -0.155. The van der Waals surface area contributed by atoms with Crippen LogP contribution in [0, 0.1) is 5.92 Å². The van der Waals surface area contributed by atoms with Crippen molar-refractivity contribution in [3.8, 4) is 0 Å². The van der Waals surface area contributed by atoms with Gasteiger partial charge in [-0.2, -0.15) is 0 Å². The molecule has 4 rings (SSSR count). The van der Waals surface area contributed by atoms with E-state index < -0.39 is 0 Å². The van der Waals surface area contributed by atoms with Crippen LogP contribution in [0.5, 0.6) is 0 Å². The Labute approximate surface area is 199 Å². The van der Waals surface area contributed by atoms with Gasteiger partial charge in [0, 0.05) is 38.2 Å². The summed E-state index contributed by atoms with van der Waals surface area (Å²) in [7, 11) is 0. The Hall–Kier alpha value is -3.47. The number of hydrazine groups is 2. The first-order valence-electron chi connectivity index (χ1n) is 12.0. The lowest BCUT2D eigenvalue weighted by atomic mass is 9.89. The van der Waals surface area contributed by atoms with Crippen molar-refractivity contribution < 1.29 is 9.59 Å². The summed E-state index contributed by atoms with van der Waals surface area (Å²) in [5, 5.41) is 15.8. The quantitative estimate of drug-likeness (QED) is 0.366. The second-order valence-electron chi connectivity index (χ2n) is 8.85. The molecule has 0 radical (unpaired) electrons. The van der Waals surface area contributed by atoms with Crippen molar-refractivity contribution in [2.24, 2.45) is 5.92 Å². The van der Waals surface area contributed by atoms with Gasteiger partial charge in [0.15, 0.2) is 5.82 Å². The molecule has 2 aromatic rings. The van der Waals surface area contributed by atoms with Gasteiger partial charge in [-0.3, -0.25) is 29.7 Å². The summed E-state index contributed by atoms with van der Waals surface area (Å²) in [6.07, 6.45) is 15.2. The summed E-state index contributed by atoms with van der Waals surface area (Å²) in [5.41, 5.74) is 7.34. The summed E-state index contributed by atoms with van der Waals surface area (Å²) in [5.74, 6) is 0.820. The molecule has 2 aliphatic rings. The van der Waals surface area contributed by atoms with Gasteiger partial charge < -0.3 is 10.6 Å². The molecule has 34 heavy (non-hydrogen) atoms. The summed E-state index contributed by atoms with van der Waals surface area (Å²) in [4.78, 5) is 28.5. The fraction of sp³-hybridized carbons (Fsp3) is 0.522. The number of unbranched alkanes of at least 4 members (excludes halogenated alkanes) is 1. The largest absolute Gasteiger partial charge is 0.350 e. The van der Waals surface area contributed by atoms with E-state index in [2.05, 4.69) is 36.9 Å². The van der Waals surface area contributed by atoms with Crippen LogP contribution in [0.1, 0.15) is 50.5 Å². The summed E-state index contributed by atoms with van der Waals surface area (Å²) in [6.45, 7) is 2.18. The van der Waals surface area contributed by atoms with Crippen molar-refractivity contribution in [1.82, 2.24) is 41.3 Å². The summed E-state index contributed by atoms with van der Waals surface area (Å²) >= 11 is 0. The number of rotatable bonds is 11. The SMILES string of the molecule is O=C(Cc1cccnc1)Nc1cn(CCCCN2C=C(C(=O)NCC3CCCCC3)NN2)nn1. The lowest BCUT2D eigenvalue weighted by Crippen LogP contribution is -2.40. The third kappa shape index (κ3) is 7.27. The zero-order valence-electron chi connectivity index (χ0n) is 19.4. The number of aryl methyl sites for hydroxylation is 1. The van der Waals surface area contributed by atoms with E-state index in [1.54, 1.807) is 29.3 Å². The van der Waals surface area contributed by atoms with Gasteiger partial charge in [0.2, 0.25) is 5.91 Å². The van der Waals surface area contributed by atoms with Crippen molar-refractivity contribution in [2.75, 3.05) is 18.4 Å². The zero-order valence-corrected chi connectivity index (χ0v) is 19.4. The van der Waals surface area contributed by atoms with Crippen LogP contribution in [-0.4, -0.2) is 49.9 Å². The highest BCUT2D eigenvalue weighted by Gasteiger charge is 2.19. The Morgan fingerprint density at radius 3 is 2.82 bits per heavy atom. The highest BCUT2D eigenvalue weighted by atomic mass is 16.2. The molecular weight excluding hydrogens is 434 g/mol. The van der Waals surface area contributed by atoms with Gasteiger partial charge in [-0.1, -0.05) is 30.5 Å². The lowest BCUT2D eigenvalue weighted by Gasteiger charge is -2.21. The molecule has 1 aliphatic heterocycles. The molecule has 11 nitrogen and oxygen atoms in total. The molecule has 0 spiro atoms. The van der Waals surface area contributed by atoms with Crippen LogP contribution in [0.25, 0.3) is 0 Å². The number of hydrogen-bond acceptors (Lipinski definition) is 8. The average Bonchev–Trinajstić information content (AvgIpc) is 3.51. The predicted molar refractivity (Wildman–Crippen MR) is 126 cm³/mol. The number of carbonyl (C=O) groups is 2. The molecular formula is C23H33N9O2. The number of hydrogen-bond donors (Lipinski definition) is 4. The highest BCUT2D eigenvalue weighted by molar-refractivity contribution is 5.93. The molecule has 2 aromatic heterocycles. The number of nitrogens with one attached hydrogen (secondary N) is 4. The zero-order chi connectivity index (χ0) is 23.6. The first-order valence-corrected chi connectivity index (χ1v) is 12.0. The number of anilines is 1. The molecule has 1 fully saturated rings. The van der Waals surface area contributed by atoms with Crippen molar-refractivity contribution in [3.63, 3.8) is 0 Å². The van der Waals surface area contributed by atoms with E-state index in [-0.39, 0.29) is 18.2 Å². The molecule has 0 aromatic carbocycles. The molecule has 0 unspecified atom stereocenters. The molecule has 4 N–H and O–H groups in total. The van der Waals surface area contributed by atoms with E-state index in [0.29, 0.717) is 24.0 Å². The van der Waals surface area contributed by atoms with Gasteiger partial charge in [0.25, 0.3) is 5.91 Å². The van der Waals surface area contributed by atoms with E-state index in [9.17, 15) is 9.59 Å². The second kappa shape index (κ2) is 12.1. The Balaban J connectivity index is 1.11. The topological polar surface area (TPSA) is 129 Å². The summed E-state index contributed by atoms with van der Waals surface area (Å²) in [6, 6.07) is 3.66. The van der Waals surface area contributed by atoms with Gasteiger partial charge in [-0.15, -0.1) is 10.6 Å². The van der Waals surface area contributed by atoms with Gasteiger partial charge in [-0.25, -0.2) is 0 Å². The maximum absolute atomic E-state index is 12.4. The fourth-order valence-corrected chi connectivity index (χ4v) is 4.21. The molecule has 0 saturated heterocycles. The van der Waals surface area contributed by atoms with E-state index in [4.69, 9.17) is 0 Å². The predicted octanol–water partition coefficient (Wildman–Crippen LogP) is 1.50. The molecule has 11 heteroatoms. The standard InChI is InChI=1S/C23H33N9O2/c33-22(13-19-9-6-10-24-14-19)26-21-17-32(30-28-21)12-5-4-11-31-16-20(27-29-31)23(34)25-15-18-7-2-1-3-8-18/h6,9-10,14,16-18,27,29H,1-5,7-8,11-13,15H2,(H,25,34)(H,26,33). The number of pyridine rings is 1. The lowest BCUT2D eigenvalue weighted by molar-refractivity contribution is -0.118. The Morgan fingerprint density at radius 1 is 1.15 bits per heavy atom. The van der Waals surface area contributed by atoms with Gasteiger partial charge in [0.05, 0.1) is 12.6 Å². The van der Waals surface area contributed by atoms with E-state index in [0.717, 1.165) is 31.5 Å². The molecule has 0 bridgehead atoms. The molecule has 3 heterocycles. The second-order valence-corrected chi connectivity index (χ2v) is 8.85. The molecule has 2 amide bonds. The van der Waals surface area contributed by atoms with Gasteiger partial charge in [0.1, 0.15) is 5.70 Å². The third-order valence-electron chi connectivity index (χ3n) is 6.07. The fourth-order valence-electron chi connectivity index (χ4n) is 4.21. The van der Waals surface area contributed by atoms with Crippen molar-refractivity contribution >= 4 is 17.6 Å². The first kappa shape index (κ1) is 23.7. The van der Waals surface area contributed by atoms with Gasteiger partial charge in [-0.05, 0) is 43.2 Å². The van der Waals surface area contributed by atoms with Crippen molar-refractivity contribution in [2.45, 2.75) is 57.9 Å². The highest BCUT2D eigenvalue weighted by Crippen LogP contribution is 2.22. The van der Waals surface area contributed by atoms with Crippen molar-refractivity contribution in [3.05, 3.63) is 48.2 Å². The van der Waals surface area contributed by atoms with Crippen molar-refractivity contribution in [1.29, 1.82) is 0 Å².